The normalized spacial score (nSPS) is 29.1. The summed E-state index contributed by atoms with van der Waals surface area (Å²) in [5, 5.41) is 0.782. The lowest BCUT2D eigenvalue weighted by molar-refractivity contribution is -0.183. The number of nitrogens with zero attached hydrogens (tertiary/aromatic N) is 2. The SMILES string of the molecule is C/C=C(\C)C(=O)O[C@]1(C)CC=C2CSSC3(CCCC3)[C@@H]3CCN3C(=O)Cc3cnc(N)cc3[C@@H]2[C@]12Cc1cc3ccc(=O)oc3cc1O2. The molecule has 2 spiro atoms. The van der Waals surface area contributed by atoms with Crippen molar-refractivity contribution in [3.05, 3.63) is 86.9 Å². The lowest BCUT2D eigenvalue weighted by Crippen LogP contribution is -2.63. The topological polar surface area (TPSA) is 125 Å². The van der Waals surface area contributed by atoms with Crippen molar-refractivity contribution in [2.24, 2.45) is 0 Å². The number of fused-ring (bicyclic) bond motifs is 8. The third-order valence-corrected chi connectivity index (χ3v) is 14.9. The quantitative estimate of drug-likeness (QED) is 0.102. The van der Waals surface area contributed by atoms with Crippen LogP contribution in [-0.2, 0) is 27.2 Å². The summed E-state index contributed by atoms with van der Waals surface area (Å²) in [6.45, 7) is 6.30. The molecule has 0 bridgehead atoms. The number of hydrogen-bond donors (Lipinski definition) is 1. The summed E-state index contributed by atoms with van der Waals surface area (Å²) in [7, 11) is 3.82. The molecule has 2 aromatic heterocycles. The number of ether oxygens (including phenoxy) is 2. The van der Waals surface area contributed by atoms with Gasteiger partial charge in [0.05, 0.1) is 12.3 Å². The van der Waals surface area contributed by atoms with E-state index >= 15 is 0 Å². The number of carbonyl (C=O) groups is 2. The fourth-order valence-electron chi connectivity index (χ4n) is 8.78. The fraction of sp³-hybridized carbons (Fsp3) is 0.474. The molecule has 1 saturated heterocycles. The van der Waals surface area contributed by atoms with Crippen LogP contribution < -0.4 is 16.1 Å². The molecule has 0 radical (unpaired) electrons. The van der Waals surface area contributed by atoms with E-state index in [1.54, 1.807) is 31.3 Å². The zero-order valence-corrected chi connectivity index (χ0v) is 29.7. The minimum atomic E-state index is -1.13. The molecular formula is C38H41N3O6S2. The second kappa shape index (κ2) is 12.0. The molecule has 2 aliphatic carbocycles. The van der Waals surface area contributed by atoms with Gasteiger partial charge >= 0.3 is 11.6 Å². The summed E-state index contributed by atoms with van der Waals surface area (Å²) in [4.78, 5) is 46.5. The highest BCUT2D eigenvalue weighted by atomic mass is 33.1. The van der Waals surface area contributed by atoms with E-state index < -0.39 is 28.7 Å². The highest BCUT2D eigenvalue weighted by Crippen LogP contribution is 2.60. The number of carbonyl (C=O) groups excluding carboxylic acids is 2. The average Bonchev–Trinajstić information content (AvgIpc) is 3.67. The van der Waals surface area contributed by atoms with Gasteiger partial charge < -0.3 is 24.5 Å². The summed E-state index contributed by atoms with van der Waals surface area (Å²) in [6.07, 6.45) is 12.4. The van der Waals surface area contributed by atoms with Gasteiger partial charge in [-0.05, 0) is 74.9 Å². The summed E-state index contributed by atoms with van der Waals surface area (Å²) in [6, 6.07) is 9.07. The van der Waals surface area contributed by atoms with E-state index in [1.165, 1.54) is 18.9 Å². The Bertz CT molecular complexity index is 2000. The van der Waals surface area contributed by atoms with Gasteiger partial charge in [0.2, 0.25) is 5.91 Å². The molecule has 256 valence electrons. The molecule has 1 amide bonds. The molecule has 49 heavy (non-hydrogen) atoms. The first kappa shape index (κ1) is 32.5. The minimum absolute atomic E-state index is 0.0422. The summed E-state index contributed by atoms with van der Waals surface area (Å²) < 4.78 is 19.3. The maximum absolute atomic E-state index is 14.2. The van der Waals surface area contributed by atoms with Crippen LogP contribution in [0, 0.1) is 0 Å². The van der Waals surface area contributed by atoms with Gasteiger partial charge in [0.15, 0.2) is 11.2 Å². The van der Waals surface area contributed by atoms with E-state index in [0.29, 0.717) is 35.6 Å². The summed E-state index contributed by atoms with van der Waals surface area (Å²) >= 11 is 0. The van der Waals surface area contributed by atoms with Gasteiger partial charge in [-0.3, -0.25) is 4.79 Å². The maximum atomic E-state index is 14.2. The van der Waals surface area contributed by atoms with Crippen molar-refractivity contribution in [2.45, 2.75) is 100 Å². The molecule has 2 fully saturated rings. The Morgan fingerprint density at radius 2 is 1.98 bits per heavy atom. The van der Waals surface area contributed by atoms with Crippen molar-refractivity contribution < 1.29 is 23.5 Å². The van der Waals surface area contributed by atoms with E-state index in [0.717, 1.165) is 59.2 Å². The zero-order valence-electron chi connectivity index (χ0n) is 28.1. The van der Waals surface area contributed by atoms with Crippen LogP contribution in [-0.4, -0.2) is 56.0 Å². The number of nitrogen functional groups attached to an aromatic ring is 1. The molecule has 9 nitrogen and oxygen atoms in total. The Morgan fingerprint density at radius 1 is 1.16 bits per heavy atom. The highest BCUT2D eigenvalue weighted by Gasteiger charge is 2.64. The first-order chi connectivity index (χ1) is 23.5. The monoisotopic (exact) mass is 699 g/mol. The van der Waals surface area contributed by atoms with Crippen molar-refractivity contribution in [3.63, 3.8) is 0 Å². The Morgan fingerprint density at radius 3 is 2.73 bits per heavy atom. The van der Waals surface area contributed by atoms with Crippen LogP contribution >= 0.6 is 21.6 Å². The van der Waals surface area contributed by atoms with Crippen LogP contribution in [0.15, 0.2) is 69.0 Å². The van der Waals surface area contributed by atoms with E-state index in [1.807, 2.05) is 47.6 Å². The highest BCUT2D eigenvalue weighted by molar-refractivity contribution is 8.77. The van der Waals surface area contributed by atoms with Gasteiger partial charge in [0, 0.05) is 65.2 Å². The van der Waals surface area contributed by atoms with E-state index in [2.05, 4.69) is 16.0 Å². The standard InChI is InChI=1S/C38H41N3O6S2/c1-4-22(2)35(44)47-36(3)13-9-24-21-48-49-37(11-5-6-12-37)30-10-14-41(30)32(42)16-26-20-40-31(39)17-27(26)34(24)38(36)19-25-15-23-7-8-33(43)45-28(23)18-29(25)46-38/h4,7-9,15,17-18,20,30,34H,5-6,10-14,16,19,21H2,1-3H3,(H2,39,40)/b22-4+/t30-,34+,36+,38+/m0/s1. The predicted molar refractivity (Wildman–Crippen MR) is 193 cm³/mol. The van der Waals surface area contributed by atoms with E-state index in [9.17, 15) is 14.4 Å². The van der Waals surface area contributed by atoms with Gasteiger partial charge in [-0.2, -0.15) is 0 Å². The first-order valence-corrected chi connectivity index (χ1v) is 19.5. The molecule has 5 aliphatic rings. The van der Waals surface area contributed by atoms with Crippen LogP contribution in [0.3, 0.4) is 0 Å². The third kappa shape index (κ3) is 5.21. The van der Waals surface area contributed by atoms with Crippen LogP contribution in [0.2, 0.25) is 0 Å². The van der Waals surface area contributed by atoms with E-state index in [-0.39, 0.29) is 23.1 Å². The molecular weight excluding hydrogens is 659 g/mol. The third-order valence-electron chi connectivity index (χ3n) is 11.7. The zero-order chi connectivity index (χ0) is 34.1. The molecule has 1 aromatic carbocycles. The maximum Gasteiger partial charge on any atom is 0.336 e. The molecule has 3 aromatic rings. The Hall–Kier alpha value is -3.70. The number of pyridine rings is 1. The Balaban J connectivity index is 1.32. The van der Waals surface area contributed by atoms with Gasteiger partial charge in [0.25, 0.3) is 0 Å². The van der Waals surface area contributed by atoms with Crippen LogP contribution in [0.1, 0.15) is 81.9 Å². The van der Waals surface area contributed by atoms with Crippen molar-refractivity contribution in [3.8, 4) is 5.75 Å². The second-order valence-corrected chi connectivity index (χ2v) is 17.1. The molecule has 2 N–H and O–H groups in total. The van der Waals surface area contributed by atoms with E-state index in [4.69, 9.17) is 19.6 Å². The van der Waals surface area contributed by atoms with Gasteiger partial charge in [-0.15, -0.1) is 0 Å². The predicted octanol–water partition coefficient (Wildman–Crippen LogP) is 6.68. The largest absolute Gasteiger partial charge is 0.481 e. The first-order valence-electron chi connectivity index (χ1n) is 17.2. The minimum Gasteiger partial charge on any atom is -0.481 e. The number of amides is 1. The second-order valence-electron chi connectivity index (χ2n) is 14.4. The molecule has 0 unspecified atom stereocenters. The van der Waals surface area contributed by atoms with Gasteiger partial charge in [-0.1, -0.05) is 52.2 Å². The number of hydrogen-bond acceptors (Lipinski definition) is 10. The summed E-state index contributed by atoms with van der Waals surface area (Å²) in [5.41, 5.74) is 8.42. The van der Waals surface area contributed by atoms with Crippen LogP contribution in [0.4, 0.5) is 5.82 Å². The molecule has 3 aliphatic heterocycles. The molecule has 5 heterocycles. The number of benzene rings is 1. The smallest absolute Gasteiger partial charge is 0.336 e. The van der Waals surface area contributed by atoms with Crippen molar-refractivity contribution in [1.82, 2.24) is 9.88 Å². The molecule has 11 heteroatoms. The lowest BCUT2D eigenvalue weighted by Gasteiger charge is -2.53. The van der Waals surface area contributed by atoms with Crippen LogP contribution in [0.25, 0.3) is 11.0 Å². The van der Waals surface area contributed by atoms with Crippen molar-refractivity contribution in [2.75, 3.05) is 18.0 Å². The number of rotatable bonds is 2. The van der Waals surface area contributed by atoms with Gasteiger partial charge in [-0.25, -0.2) is 14.6 Å². The molecule has 1 saturated carbocycles. The van der Waals surface area contributed by atoms with Gasteiger partial charge in [0.1, 0.15) is 17.2 Å². The Kier molecular flexibility index (Phi) is 7.94. The Labute approximate surface area is 293 Å². The number of aromatic nitrogens is 1. The summed E-state index contributed by atoms with van der Waals surface area (Å²) in [5.74, 6) is 0.918. The average molecular weight is 700 g/mol. The fourth-order valence-corrected chi connectivity index (χ4v) is 12.4. The number of anilines is 1. The van der Waals surface area contributed by atoms with Crippen molar-refractivity contribution in [1.29, 1.82) is 0 Å². The lowest BCUT2D eigenvalue weighted by atomic mass is 9.61. The molecule has 4 atom stereocenters. The number of nitrogens with two attached hydrogens (primary N) is 1. The van der Waals surface area contributed by atoms with Crippen molar-refractivity contribution >= 4 is 50.3 Å². The number of allylic oxidation sites excluding steroid dienone is 1. The molecule has 8 rings (SSSR count). The van der Waals surface area contributed by atoms with Crippen LogP contribution in [0.5, 0.6) is 5.75 Å². The number of esters is 1.